The van der Waals surface area contributed by atoms with E-state index in [9.17, 15) is 14.4 Å². The van der Waals surface area contributed by atoms with Gasteiger partial charge in [0, 0.05) is 22.8 Å². The third-order valence-electron chi connectivity index (χ3n) is 4.27. The van der Waals surface area contributed by atoms with Crippen molar-refractivity contribution in [2.75, 3.05) is 0 Å². The molecule has 1 aliphatic carbocycles. The Labute approximate surface area is 124 Å². The first-order chi connectivity index (χ1) is 9.82. The van der Waals surface area contributed by atoms with Crippen LogP contribution in [-0.4, -0.2) is 34.8 Å². The molecule has 0 atom stereocenters. The van der Waals surface area contributed by atoms with Crippen LogP contribution >= 0.6 is 0 Å². The van der Waals surface area contributed by atoms with E-state index in [0.717, 1.165) is 0 Å². The molecule has 0 aromatic rings. The number of amides is 2. The van der Waals surface area contributed by atoms with Crippen molar-refractivity contribution < 1.29 is 19.1 Å². The van der Waals surface area contributed by atoms with Crippen molar-refractivity contribution in [2.45, 2.75) is 58.6 Å². The molecule has 0 radical (unpaired) electrons. The van der Waals surface area contributed by atoms with E-state index in [1.807, 2.05) is 0 Å². The number of ether oxygens (including phenoxy) is 1. The smallest absolute Gasteiger partial charge is 0.333 e. The topological polar surface area (TPSA) is 63.7 Å². The maximum absolute atomic E-state index is 12.1. The standard InChI is InChI=1S/C16H21NO4/c1-9(2)16(20)21-13-7-5-12(6-8-13)17-14(18)10(3)11(4)15(17)19/h12-13H,1,5-8H2,2-4H3. The molecular weight excluding hydrogens is 270 g/mol. The highest BCUT2D eigenvalue weighted by Crippen LogP contribution is 2.31. The fourth-order valence-corrected chi connectivity index (χ4v) is 2.78. The minimum absolute atomic E-state index is 0.0859. The lowest BCUT2D eigenvalue weighted by Gasteiger charge is -2.33. The average molecular weight is 291 g/mol. The lowest BCUT2D eigenvalue weighted by Crippen LogP contribution is -2.44. The number of esters is 1. The molecule has 0 aromatic heterocycles. The molecule has 1 fully saturated rings. The first kappa shape index (κ1) is 15.5. The van der Waals surface area contributed by atoms with Gasteiger partial charge < -0.3 is 4.74 Å². The SMILES string of the molecule is C=C(C)C(=O)OC1CCC(N2C(=O)C(C)=C(C)C2=O)CC1. The van der Waals surface area contributed by atoms with E-state index in [1.165, 1.54) is 4.90 Å². The largest absolute Gasteiger partial charge is 0.459 e. The predicted octanol–water partition coefficient (Wildman–Crippen LogP) is 2.12. The molecule has 2 amide bonds. The molecule has 5 nitrogen and oxygen atoms in total. The Balaban J connectivity index is 1.94. The molecule has 0 spiro atoms. The van der Waals surface area contributed by atoms with E-state index < -0.39 is 0 Å². The summed E-state index contributed by atoms with van der Waals surface area (Å²) in [7, 11) is 0. The lowest BCUT2D eigenvalue weighted by molar-refractivity contribution is -0.149. The maximum atomic E-state index is 12.1. The van der Waals surface area contributed by atoms with E-state index >= 15 is 0 Å². The highest BCUT2D eigenvalue weighted by atomic mass is 16.5. The summed E-state index contributed by atoms with van der Waals surface area (Å²) in [5.74, 6) is -0.736. The average Bonchev–Trinajstić information content (AvgIpc) is 2.64. The summed E-state index contributed by atoms with van der Waals surface area (Å²) in [5.41, 5.74) is 1.46. The van der Waals surface area contributed by atoms with E-state index in [-0.39, 0.29) is 29.9 Å². The van der Waals surface area contributed by atoms with Crippen molar-refractivity contribution >= 4 is 17.8 Å². The van der Waals surface area contributed by atoms with Crippen LogP contribution in [0.5, 0.6) is 0 Å². The first-order valence-corrected chi connectivity index (χ1v) is 7.24. The number of nitrogens with zero attached hydrogens (tertiary/aromatic N) is 1. The van der Waals surface area contributed by atoms with Crippen LogP contribution in [0.1, 0.15) is 46.5 Å². The summed E-state index contributed by atoms with van der Waals surface area (Å²) in [5, 5.41) is 0. The van der Waals surface area contributed by atoms with Gasteiger partial charge in [0.25, 0.3) is 11.8 Å². The molecule has 21 heavy (non-hydrogen) atoms. The van der Waals surface area contributed by atoms with Gasteiger partial charge in [-0.3, -0.25) is 14.5 Å². The van der Waals surface area contributed by atoms with Gasteiger partial charge in [0.1, 0.15) is 6.10 Å². The molecule has 0 saturated heterocycles. The van der Waals surface area contributed by atoms with Crippen molar-refractivity contribution in [3.05, 3.63) is 23.3 Å². The van der Waals surface area contributed by atoms with Crippen molar-refractivity contribution in [1.29, 1.82) is 0 Å². The second-order valence-corrected chi connectivity index (χ2v) is 5.85. The molecule has 1 saturated carbocycles. The Morgan fingerprint density at radius 2 is 1.57 bits per heavy atom. The zero-order chi connectivity index (χ0) is 15.7. The molecule has 0 aromatic carbocycles. The van der Waals surface area contributed by atoms with Crippen molar-refractivity contribution in [3.8, 4) is 0 Å². The summed E-state index contributed by atoms with van der Waals surface area (Å²) in [6, 6.07) is -0.0859. The second kappa shape index (κ2) is 5.84. The van der Waals surface area contributed by atoms with Gasteiger partial charge in [-0.15, -0.1) is 0 Å². The Bertz CT molecular complexity index is 514. The fourth-order valence-electron chi connectivity index (χ4n) is 2.78. The van der Waals surface area contributed by atoms with Crippen LogP contribution in [0.4, 0.5) is 0 Å². The minimum Gasteiger partial charge on any atom is -0.459 e. The van der Waals surface area contributed by atoms with E-state index in [2.05, 4.69) is 6.58 Å². The van der Waals surface area contributed by atoms with Gasteiger partial charge in [0.2, 0.25) is 0 Å². The minimum atomic E-state index is -0.375. The number of imide groups is 1. The first-order valence-electron chi connectivity index (χ1n) is 7.24. The van der Waals surface area contributed by atoms with Gasteiger partial charge >= 0.3 is 5.97 Å². The molecular formula is C16H21NO4. The number of hydrogen-bond acceptors (Lipinski definition) is 4. The second-order valence-electron chi connectivity index (χ2n) is 5.85. The van der Waals surface area contributed by atoms with Crippen LogP contribution in [0, 0.1) is 0 Å². The Morgan fingerprint density at radius 1 is 1.10 bits per heavy atom. The van der Waals surface area contributed by atoms with Crippen molar-refractivity contribution in [1.82, 2.24) is 4.90 Å². The van der Waals surface area contributed by atoms with Crippen LogP contribution in [0.3, 0.4) is 0 Å². The molecule has 114 valence electrons. The summed E-state index contributed by atoms with van der Waals surface area (Å²) >= 11 is 0. The Morgan fingerprint density at radius 3 is 2.00 bits per heavy atom. The molecule has 2 aliphatic rings. The number of hydrogen-bond donors (Lipinski definition) is 0. The summed E-state index contributed by atoms with van der Waals surface area (Å²) < 4.78 is 5.32. The third-order valence-corrected chi connectivity index (χ3v) is 4.27. The number of carbonyl (C=O) groups is 3. The van der Waals surface area contributed by atoms with Crippen LogP contribution in [0.25, 0.3) is 0 Å². The van der Waals surface area contributed by atoms with E-state index in [4.69, 9.17) is 4.74 Å². The number of carbonyl (C=O) groups excluding carboxylic acids is 3. The van der Waals surface area contributed by atoms with Gasteiger partial charge in [-0.25, -0.2) is 4.79 Å². The Hall–Kier alpha value is -1.91. The van der Waals surface area contributed by atoms with Crippen molar-refractivity contribution in [3.63, 3.8) is 0 Å². The molecule has 0 bridgehead atoms. The predicted molar refractivity (Wildman–Crippen MR) is 77.2 cm³/mol. The summed E-state index contributed by atoms with van der Waals surface area (Å²) in [4.78, 5) is 37.1. The zero-order valence-corrected chi connectivity index (χ0v) is 12.8. The molecule has 1 aliphatic heterocycles. The van der Waals surface area contributed by atoms with Gasteiger partial charge in [-0.05, 0) is 46.5 Å². The highest BCUT2D eigenvalue weighted by Gasteiger charge is 2.40. The van der Waals surface area contributed by atoms with Gasteiger partial charge in [0.15, 0.2) is 0 Å². The molecule has 0 N–H and O–H groups in total. The van der Waals surface area contributed by atoms with E-state index in [1.54, 1.807) is 20.8 Å². The quantitative estimate of drug-likeness (QED) is 0.454. The molecule has 2 rings (SSSR count). The van der Waals surface area contributed by atoms with Crippen LogP contribution in [0.15, 0.2) is 23.3 Å². The molecule has 0 unspecified atom stereocenters. The molecule has 1 heterocycles. The third kappa shape index (κ3) is 2.91. The fraction of sp³-hybridized carbons (Fsp3) is 0.562. The highest BCUT2D eigenvalue weighted by molar-refractivity contribution is 6.18. The van der Waals surface area contributed by atoms with Gasteiger partial charge in [-0.1, -0.05) is 6.58 Å². The van der Waals surface area contributed by atoms with Crippen LogP contribution < -0.4 is 0 Å². The number of rotatable bonds is 3. The summed E-state index contributed by atoms with van der Waals surface area (Å²) in [6.07, 6.45) is 2.53. The lowest BCUT2D eigenvalue weighted by atomic mass is 9.91. The normalized spacial score (nSPS) is 26.3. The van der Waals surface area contributed by atoms with Gasteiger partial charge in [-0.2, -0.15) is 0 Å². The maximum Gasteiger partial charge on any atom is 0.333 e. The summed E-state index contributed by atoms with van der Waals surface area (Å²) in [6.45, 7) is 8.56. The van der Waals surface area contributed by atoms with E-state index in [0.29, 0.717) is 42.4 Å². The van der Waals surface area contributed by atoms with Crippen LogP contribution in [0.2, 0.25) is 0 Å². The zero-order valence-electron chi connectivity index (χ0n) is 12.8. The van der Waals surface area contributed by atoms with Crippen molar-refractivity contribution in [2.24, 2.45) is 0 Å². The van der Waals surface area contributed by atoms with Gasteiger partial charge in [0.05, 0.1) is 0 Å². The Kier molecular flexibility index (Phi) is 4.30. The molecule has 5 heteroatoms. The van der Waals surface area contributed by atoms with Crippen LogP contribution in [-0.2, 0) is 19.1 Å². The monoisotopic (exact) mass is 291 g/mol.